The van der Waals surface area contributed by atoms with E-state index in [1.54, 1.807) is 56.3 Å². The van der Waals surface area contributed by atoms with E-state index in [1.165, 1.54) is 0 Å². The fraction of sp³-hybridized carbons (Fsp3) is 0.333. The molecule has 0 radical (unpaired) electrons. The monoisotopic (exact) mass is 418 g/mol. The van der Waals surface area contributed by atoms with E-state index in [1.807, 2.05) is 13.0 Å². The van der Waals surface area contributed by atoms with Gasteiger partial charge in [0, 0.05) is 5.69 Å². The number of ether oxygens (including phenoxy) is 1. The molecule has 2 aromatic rings. The second kappa shape index (κ2) is 9.56. The molecule has 2 aromatic carbocycles. The van der Waals surface area contributed by atoms with Crippen LogP contribution < -0.4 is 9.62 Å². The normalized spacial score (nSPS) is 12.1. The number of nitrogens with one attached hydrogen (secondary N) is 1. The van der Waals surface area contributed by atoms with Crippen LogP contribution in [0.5, 0.6) is 0 Å². The molecule has 0 aliphatic heterocycles. The molecule has 0 heterocycles. The van der Waals surface area contributed by atoms with Crippen LogP contribution in [0.15, 0.2) is 48.5 Å². The van der Waals surface area contributed by atoms with Crippen molar-refractivity contribution < 1.29 is 22.7 Å². The second-order valence-corrected chi connectivity index (χ2v) is 8.47. The predicted octanol–water partition coefficient (Wildman–Crippen LogP) is 3.36. The first-order chi connectivity index (χ1) is 13.7. The van der Waals surface area contributed by atoms with E-state index >= 15 is 0 Å². The highest BCUT2D eigenvalue weighted by Crippen LogP contribution is 2.24. The van der Waals surface area contributed by atoms with E-state index in [-0.39, 0.29) is 13.0 Å². The zero-order valence-electron chi connectivity index (χ0n) is 17.0. The Hall–Kier alpha value is -2.87. The molecule has 29 heavy (non-hydrogen) atoms. The van der Waals surface area contributed by atoms with Gasteiger partial charge in [-0.05, 0) is 62.2 Å². The maximum atomic E-state index is 12.9. The van der Waals surface area contributed by atoms with Gasteiger partial charge in [-0.15, -0.1) is 0 Å². The lowest BCUT2D eigenvalue weighted by molar-refractivity contribution is -0.117. The first-order valence-corrected chi connectivity index (χ1v) is 11.2. The Kier molecular flexibility index (Phi) is 7.39. The lowest BCUT2D eigenvalue weighted by atomic mass is 10.1. The van der Waals surface area contributed by atoms with Crippen LogP contribution in [0, 0.1) is 6.92 Å². The summed E-state index contributed by atoms with van der Waals surface area (Å²) in [6.45, 7) is 5.60. The maximum absolute atomic E-state index is 12.9. The van der Waals surface area contributed by atoms with Gasteiger partial charge in [0.1, 0.15) is 6.04 Å². The molecule has 0 spiro atoms. The van der Waals surface area contributed by atoms with E-state index < -0.39 is 27.9 Å². The van der Waals surface area contributed by atoms with Crippen molar-refractivity contribution in [2.45, 2.75) is 33.2 Å². The predicted molar refractivity (Wildman–Crippen MR) is 114 cm³/mol. The summed E-state index contributed by atoms with van der Waals surface area (Å²) in [4.78, 5) is 24.6. The lowest BCUT2D eigenvalue weighted by Gasteiger charge is -2.30. The van der Waals surface area contributed by atoms with Crippen LogP contribution >= 0.6 is 0 Å². The van der Waals surface area contributed by atoms with Crippen LogP contribution in [0.2, 0.25) is 0 Å². The Morgan fingerprint density at radius 3 is 2.28 bits per heavy atom. The van der Waals surface area contributed by atoms with Crippen molar-refractivity contribution in [1.29, 1.82) is 0 Å². The van der Waals surface area contributed by atoms with Crippen LogP contribution in [-0.4, -0.2) is 39.2 Å². The van der Waals surface area contributed by atoms with E-state index in [2.05, 4.69) is 5.32 Å². The first-order valence-electron chi connectivity index (χ1n) is 9.31. The Labute approximate surface area is 171 Å². The van der Waals surface area contributed by atoms with E-state index in [0.717, 1.165) is 16.1 Å². The van der Waals surface area contributed by atoms with E-state index in [9.17, 15) is 18.0 Å². The van der Waals surface area contributed by atoms with Gasteiger partial charge in [-0.1, -0.05) is 19.1 Å². The van der Waals surface area contributed by atoms with Crippen LogP contribution in [0.3, 0.4) is 0 Å². The van der Waals surface area contributed by atoms with Crippen molar-refractivity contribution in [2.24, 2.45) is 0 Å². The molecule has 8 heteroatoms. The van der Waals surface area contributed by atoms with Crippen LogP contribution in [0.1, 0.15) is 36.2 Å². The molecule has 0 bridgehead atoms. The Morgan fingerprint density at radius 2 is 1.76 bits per heavy atom. The highest BCUT2D eigenvalue weighted by Gasteiger charge is 2.31. The number of esters is 1. The van der Waals surface area contributed by atoms with Crippen LogP contribution in [0.25, 0.3) is 0 Å². The standard InChI is InChI=1S/C21H26N2O5S/c1-5-19(23(29(4,26)27)18-9-7-8-15(3)14-18)20(24)22-17-12-10-16(11-13-17)21(25)28-6-2/h7-14,19H,5-6H2,1-4H3,(H,22,24)/t19-/m1/s1. The minimum Gasteiger partial charge on any atom is -0.462 e. The molecular weight excluding hydrogens is 392 g/mol. The third-order valence-corrected chi connectivity index (χ3v) is 5.43. The SMILES string of the molecule is CCOC(=O)c1ccc(NC(=O)[C@@H](CC)N(c2cccc(C)c2)S(C)(=O)=O)cc1. The minimum absolute atomic E-state index is 0.274. The maximum Gasteiger partial charge on any atom is 0.338 e. The number of amides is 1. The van der Waals surface area contributed by atoms with Gasteiger partial charge in [-0.3, -0.25) is 9.10 Å². The van der Waals surface area contributed by atoms with Gasteiger partial charge < -0.3 is 10.1 Å². The summed E-state index contributed by atoms with van der Waals surface area (Å²) in [6.07, 6.45) is 1.37. The number of aryl methyl sites for hydroxylation is 1. The number of sulfonamides is 1. The van der Waals surface area contributed by atoms with Gasteiger partial charge >= 0.3 is 5.97 Å². The molecular formula is C21H26N2O5S. The van der Waals surface area contributed by atoms with Gasteiger partial charge in [-0.2, -0.15) is 0 Å². The van der Waals surface area contributed by atoms with Gasteiger partial charge in [-0.25, -0.2) is 13.2 Å². The van der Waals surface area contributed by atoms with Crippen molar-refractivity contribution in [3.8, 4) is 0 Å². The molecule has 0 unspecified atom stereocenters. The fourth-order valence-corrected chi connectivity index (χ4v) is 4.16. The molecule has 0 aromatic heterocycles. The van der Waals surface area contributed by atoms with Crippen LogP contribution in [0.4, 0.5) is 11.4 Å². The summed E-state index contributed by atoms with van der Waals surface area (Å²) in [5.74, 6) is -0.900. The van der Waals surface area contributed by atoms with Crippen molar-refractivity contribution in [2.75, 3.05) is 22.5 Å². The average Bonchev–Trinajstić information content (AvgIpc) is 2.65. The summed E-state index contributed by atoms with van der Waals surface area (Å²) in [7, 11) is -3.70. The zero-order valence-corrected chi connectivity index (χ0v) is 17.8. The summed E-state index contributed by atoms with van der Waals surface area (Å²) < 4.78 is 31.0. The summed E-state index contributed by atoms with van der Waals surface area (Å²) in [5.41, 5.74) is 2.15. The van der Waals surface area contributed by atoms with Gasteiger partial charge in [0.15, 0.2) is 0 Å². The number of carbonyl (C=O) groups excluding carboxylic acids is 2. The third kappa shape index (κ3) is 5.80. The molecule has 0 saturated heterocycles. The Bertz CT molecular complexity index is 971. The number of benzene rings is 2. The first kappa shape index (κ1) is 22.4. The van der Waals surface area contributed by atoms with Crippen molar-refractivity contribution in [3.63, 3.8) is 0 Å². The zero-order chi connectivity index (χ0) is 21.6. The quantitative estimate of drug-likeness (QED) is 0.664. The Balaban J connectivity index is 2.27. The molecule has 7 nitrogen and oxygen atoms in total. The molecule has 0 fully saturated rings. The number of hydrogen-bond donors (Lipinski definition) is 1. The Morgan fingerprint density at radius 1 is 1.10 bits per heavy atom. The number of carbonyl (C=O) groups is 2. The number of hydrogen-bond acceptors (Lipinski definition) is 5. The minimum atomic E-state index is -3.70. The van der Waals surface area contributed by atoms with Gasteiger partial charge in [0.2, 0.25) is 15.9 Å². The topological polar surface area (TPSA) is 92.8 Å². The van der Waals surface area contributed by atoms with Crippen molar-refractivity contribution >= 4 is 33.3 Å². The van der Waals surface area contributed by atoms with Crippen LogP contribution in [-0.2, 0) is 19.6 Å². The molecule has 0 aliphatic rings. The molecule has 0 saturated carbocycles. The average molecular weight is 419 g/mol. The smallest absolute Gasteiger partial charge is 0.338 e. The molecule has 0 aliphatic carbocycles. The lowest BCUT2D eigenvalue weighted by Crippen LogP contribution is -2.47. The summed E-state index contributed by atoms with van der Waals surface area (Å²) in [5, 5.41) is 2.73. The van der Waals surface area contributed by atoms with Gasteiger partial charge in [0.05, 0.1) is 24.1 Å². The highest BCUT2D eigenvalue weighted by molar-refractivity contribution is 7.92. The van der Waals surface area contributed by atoms with Gasteiger partial charge in [0.25, 0.3) is 0 Å². The van der Waals surface area contributed by atoms with E-state index in [4.69, 9.17) is 4.74 Å². The number of anilines is 2. The van der Waals surface area contributed by atoms with Crippen molar-refractivity contribution in [1.82, 2.24) is 0 Å². The summed E-state index contributed by atoms with van der Waals surface area (Å²) in [6, 6.07) is 12.3. The third-order valence-electron chi connectivity index (χ3n) is 4.25. The molecule has 1 N–H and O–H groups in total. The number of rotatable bonds is 8. The van der Waals surface area contributed by atoms with Crippen molar-refractivity contribution in [3.05, 3.63) is 59.7 Å². The second-order valence-electron chi connectivity index (χ2n) is 6.61. The molecule has 1 atom stereocenters. The fourth-order valence-electron chi connectivity index (χ4n) is 2.95. The highest BCUT2D eigenvalue weighted by atomic mass is 32.2. The van der Waals surface area contributed by atoms with E-state index in [0.29, 0.717) is 16.9 Å². The number of nitrogens with zero attached hydrogens (tertiary/aromatic N) is 1. The molecule has 1 amide bonds. The summed E-state index contributed by atoms with van der Waals surface area (Å²) >= 11 is 0. The largest absolute Gasteiger partial charge is 0.462 e. The molecule has 156 valence electrons. The molecule has 2 rings (SSSR count).